The summed E-state index contributed by atoms with van der Waals surface area (Å²) in [5.74, 6) is -0.885. The smallest absolute Gasteiger partial charge is 0.411 e. The Kier molecular flexibility index (Phi) is 6.49. The molecule has 0 aliphatic carbocycles. The number of carbonyl (C=O) groups is 2. The fourth-order valence-electron chi connectivity index (χ4n) is 4.38. The Bertz CT molecular complexity index is 1180. The van der Waals surface area contributed by atoms with Crippen molar-refractivity contribution in [3.05, 3.63) is 95.2 Å². The largest absolute Gasteiger partial charge is 0.619 e. The minimum atomic E-state index is -1.04. The normalized spacial score (nSPS) is 18.9. The van der Waals surface area contributed by atoms with E-state index >= 15 is 0 Å². The molecule has 3 aromatic rings. The summed E-state index contributed by atoms with van der Waals surface area (Å²) in [6.07, 6.45) is 3.14. The van der Waals surface area contributed by atoms with Crippen molar-refractivity contribution in [3.63, 3.8) is 0 Å². The monoisotopic (exact) mass is 463 g/mol. The quantitative estimate of drug-likeness (QED) is 0.419. The molecule has 2 N–H and O–H groups in total. The van der Waals surface area contributed by atoms with Gasteiger partial charge in [-0.1, -0.05) is 36.4 Å². The van der Waals surface area contributed by atoms with Crippen molar-refractivity contribution in [2.75, 3.05) is 6.54 Å². The lowest BCUT2D eigenvalue weighted by Gasteiger charge is -2.43. The van der Waals surface area contributed by atoms with E-state index in [4.69, 9.17) is 10.5 Å². The van der Waals surface area contributed by atoms with Crippen LogP contribution in [-0.4, -0.2) is 23.4 Å². The van der Waals surface area contributed by atoms with Crippen molar-refractivity contribution in [3.8, 4) is 11.1 Å². The molecule has 1 saturated heterocycles. The number of amides is 2. The summed E-state index contributed by atoms with van der Waals surface area (Å²) >= 11 is 0. The van der Waals surface area contributed by atoms with Crippen molar-refractivity contribution < 1.29 is 23.4 Å². The number of nitrogens with two attached hydrogens (primary N) is 1. The van der Waals surface area contributed by atoms with Crippen LogP contribution in [0.2, 0.25) is 0 Å². The minimum Gasteiger partial charge on any atom is -0.619 e. The van der Waals surface area contributed by atoms with E-state index < -0.39 is 23.4 Å². The Morgan fingerprint density at radius 2 is 1.88 bits per heavy atom. The van der Waals surface area contributed by atoms with E-state index in [0.717, 1.165) is 21.4 Å². The number of aromatic nitrogens is 1. The number of cyclic esters (lactones) is 1. The molecule has 176 valence electrons. The zero-order valence-electron chi connectivity index (χ0n) is 18.8. The van der Waals surface area contributed by atoms with Crippen LogP contribution < -0.4 is 10.5 Å². The van der Waals surface area contributed by atoms with Crippen LogP contribution in [0.25, 0.3) is 11.1 Å². The van der Waals surface area contributed by atoms with Gasteiger partial charge in [0.15, 0.2) is 12.4 Å². The van der Waals surface area contributed by atoms with Gasteiger partial charge in [0.1, 0.15) is 11.4 Å². The van der Waals surface area contributed by atoms with E-state index in [1.165, 1.54) is 24.5 Å². The summed E-state index contributed by atoms with van der Waals surface area (Å²) in [5, 5.41) is 11.6. The van der Waals surface area contributed by atoms with Gasteiger partial charge in [0, 0.05) is 37.4 Å². The molecule has 7 nitrogen and oxygen atoms in total. The lowest BCUT2D eigenvalue weighted by molar-refractivity contribution is -0.604. The van der Waals surface area contributed by atoms with Gasteiger partial charge in [-0.3, -0.25) is 4.79 Å². The average molecular weight is 464 g/mol. The number of halogens is 1. The maximum absolute atomic E-state index is 13.5. The zero-order chi connectivity index (χ0) is 24.3. The van der Waals surface area contributed by atoms with E-state index in [9.17, 15) is 19.2 Å². The Hall–Kier alpha value is -3.94. The number of pyridine rings is 1. The number of primary amides is 1. The highest BCUT2D eigenvalue weighted by molar-refractivity contribution is 5.74. The van der Waals surface area contributed by atoms with Gasteiger partial charge in [-0.15, -0.1) is 0 Å². The molecule has 2 atom stereocenters. The van der Waals surface area contributed by atoms with Crippen LogP contribution in [0.4, 0.5) is 9.18 Å². The van der Waals surface area contributed by atoms with Gasteiger partial charge < -0.3 is 20.6 Å². The predicted octanol–water partition coefficient (Wildman–Crippen LogP) is 4.19. The van der Waals surface area contributed by atoms with Gasteiger partial charge in [0.2, 0.25) is 5.91 Å². The fraction of sp³-hybridized carbons (Fsp3) is 0.269. The molecule has 2 aromatic carbocycles. The standard InChI is InChI=1S/C26H26FN3O4/c1-18(19-4-6-20(7-5-19)21-3-2-15-29(33)17-21)30-16-14-26(34-25(30)32,13-12-24(28)31)22-8-10-23(27)11-9-22/h2-11,15,17-18H,12-14,16H2,1H3,(H2,28,31)/t18-,26?/m0/s1. The fourth-order valence-corrected chi connectivity index (χ4v) is 4.38. The first-order chi connectivity index (χ1) is 16.3. The molecular formula is C26H26FN3O4. The first-order valence-electron chi connectivity index (χ1n) is 11.1. The summed E-state index contributed by atoms with van der Waals surface area (Å²) in [6, 6.07) is 16.7. The van der Waals surface area contributed by atoms with E-state index in [-0.39, 0.29) is 18.9 Å². The van der Waals surface area contributed by atoms with Crippen LogP contribution in [-0.2, 0) is 15.1 Å². The van der Waals surface area contributed by atoms with E-state index in [0.29, 0.717) is 18.5 Å². The van der Waals surface area contributed by atoms with Crippen LogP contribution in [0.1, 0.15) is 43.4 Å². The van der Waals surface area contributed by atoms with Crippen molar-refractivity contribution in [1.29, 1.82) is 0 Å². The first-order valence-corrected chi connectivity index (χ1v) is 11.1. The highest BCUT2D eigenvalue weighted by Gasteiger charge is 2.43. The van der Waals surface area contributed by atoms with E-state index in [1.54, 1.807) is 23.1 Å². The van der Waals surface area contributed by atoms with Gasteiger partial charge in [0.05, 0.1) is 6.04 Å². The maximum Gasteiger partial charge on any atom is 0.411 e. The molecule has 2 amide bonds. The summed E-state index contributed by atoms with van der Waals surface area (Å²) in [7, 11) is 0. The molecule has 2 heterocycles. The third-order valence-electron chi connectivity index (χ3n) is 6.39. The van der Waals surface area contributed by atoms with E-state index in [1.807, 2.05) is 37.3 Å². The molecule has 0 radical (unpaired) electrons. The van der Waals surface area contributed by atoms with Crippen molar-refractivity contribution in [1.82, 2.24) is 4.90 Å². The number of ether oxygens (including phenoxy) is 1. The van der Waals surface area contributed by atoms with Crippen molar-refractivity contribution in [2.24, 2.45) is 5.73 Å². The Labute approximate surface area is 197 Å². The molecule has 0 saturated carbocycles. The van der Waals surface area contributed by atoms with Gasteiger partial charge in [-0.2, -0.15) is 4.73 Å². The molecule has 1 fully saturated rings. The minimum absolute atomic E-state index is 0.0461. The van der Waals surface area contributed by atoms with Gasteiger partial charge in [-0.25, -0.2) is 9.18 Å². The summed E-state index contributed by atoms with van der Waals surface area (Å²) in [6.45, 7) is 2.31. The maximum atomic E-state index is 13.5. The summed E-state index contributed by atoms with van der Waals surface area (Å²) in [5.41, 5.74) is 7.55. The molecule has 34 heavy (non-hydrogen) atoms. The van der Waals surface area contributed by atoms with Crippen molar-refractivity contribution >= 4 is 12.0 Å². The SMILES string of the molecule is C[C@@H](c1ccc(-c2ccc[n+]([O-])c2)cc1)N1CCC(CCC(N)=O)(c2ccc(F)cc2)OC1=O. The average Bonchev–Trinajstić information content (AvgIpc) is 2.83. The third-order valence-corrected chi connectivity index (χ3v) is 6.39. The molecule has 1 aliphatic heterocycles. The molecule has 0 bridgehead atoms. The van der Waals surface area contributed by atoms with Crippen LogP contribution in [0.15, 0.2) is 73.1 Å². The van der Waals surface area contributed by atoms with Crippen LogP contribution in [0, 0.1) is 11.0 Å². The summed E-state index contributed by atoms with van der Waals surface area (Å²) in [4.78, 5) is 26.2. The highest BCUT2D eigenvalue weighted by Crippen LogP contribution is 2.40. The number of carbonyl (C=O) groups excluding carboxylic acids is 2. The molecule has 1 unspecified atom stereocenters. The molecule has 1 aliphatic rings. The highest BCUT2D eigenvalue weighted by atomic mass is 19.1. The van der Waals surface area contributed by atoms with Crippen LogP contribution in [0.3, 0.4) is 0 Å². The predicted molar refractivity (Wildman–Crippen MR) is 124 cm³/mol. The Morgan fingerprint density at radius 1 is 1.18 bits per heavy atom. The number of rotatable bonds is 7. The number of benzene rings is 2. The first kappa shape index (κ1) is 23.2. The van der Waals surface area contributed by atoms with Crippen LogP contribution >= 0.6 is 0 Å². The summed E-state index contributed by atoms with van der Waals surface area (Å²) < 4.78 is 20.2. The second-order valence-electron chi connectivity index (χ2n) is 8.53. The van der Waals surface area contributed by atoms with Gasteiger partial charge in [0.25, 0.3) is 0 Å². The number of nitrogens with zero attached hydrogens (tertiary/aromatic N) is 2. The third kappa shape index (κ3) is 4.85. The lowest BCUT2D eigenvalue weighted by Crippen LogP contribution is -2.49. The number of hydrogen-bond acceptors (Lipinski definition) is 4. The Balaban J connectivity index is 1.52. The molecule has 4 rings (SSSR count). The Morgan fingerprint density at radius 3 is 2.50 bits per heavy atom. The van der Waals surface area contributed by atoms with Crippen molar-refractivity contribution in [2.45, 2.75) is 37.8 Å². The molecule has 1 aromatic heterocycles. The van der Waals surface area contributed by atoms with Gasteiger partial charge in [-0.05, 0) is 41.8 Å². The molecular weight excluding hydrogens is 437 g/mol. The second kappa shape index (κ2) is 9.51. The van der Waals surface area contributed by atoms with Gasteiger partial charge >= 0.3 is 6.09 Å². The topological polar surface area (TPSA) is 99.6 Å². The van der Waals surface area contributed by atoms with E-state index in [2.05, 4.69) is 0 Å². The molecule has 8 heteroatoms. The lowest BCUT2D eigenvalue weighted by atomic mass is 9.84. The van der Waals surface area contributed by atoms with Crippen LogP contribution in [0.5, 0.6) is 0 Å². The second-order valence-corrected chi connectivity index (χ2v) is 8.53. The zero-order valence-corrected chi connectivity index (χ0v) is 18.8. The molecule has 0 spiro atoms. The number of hydrogen-bond donors (Lipinski definition) is 1.